The van der Waals surface area contributed by atoms with E-state index in [1.54, 1.807) is 6.07 Å². The number of carbonyl (C=O) groups excluding carboxylic acids is 3. The zero-order chi connectivity index (χ0) is 21.0. The summed E-state index contributed by atoms with van der Waals surface area (Å²) in [4.78, 5) is 39.1. The van der Waals surface area contributed by atoms with E-state index in [1.165, 1.54) is 0 Å². The molecule has 2 aromatic carbocycles. The molecule has 0 aliphatic heterocycles. The van der Waals surface area contributed by atoms with Crippen LogP contribution >= 0.6 is 0 Å². The Morgan fingerprint density at radius 3 is 2.34 bits per heavy atom. The molecule has 150 valence electrons. The van der Waals surface area contributed by atoms with Gasteiger partial charge in [-0.1, -0.05) is 35.9 Å². The van der Waals surface area contributed by atoms with Crippen LogP contribution in [0.15, 0.2) is 42.5 Å². The summed E-state index contributed by atoms with van der Waals surface area (Å²) in [6.45, 7) is 5.14. The van der Waals surface area contributed by atoms with Crippen LogP contribution in [-0.4, -0.2) is 35.9 Å². The maximum atomic E-state index is 12.1. The third-order valence-electron chi connectivity index (χ3n) is 4.47. The predicted octanol–water partition coefficient (Wildman–Crippen LogP) is 3.00. The number of carbonyl (C=O) groups is 3. The first-order chi connectivity index (χ1) is 13.8. The average Bonchev–Trinajstić information content (AvgIpc) is 3.11. The van der Waals surface area contributed by atoms with Gasteiger partial charge in [-0.2, -0.15) is 0 Å². The van der Waals surface area contributed by atoms with E-state index in [0.29, 0.717) is 0 Å². The lowest BCUT2D eigenvalue weighted by Gasteiger charge is -2.13. The number of ether oxygens (including phenoxy) is 1. The van der Waals surface area contributed by atoms with Crippen molar-refractivity contribution in [2.75, 3.05) is 18.5 Å². The van der Waals surface area contributed by atoms with E-state index in [4.69, 9.17) is 4.74 Å². The van der Waals surface area contributed by atoms with Gasteiger partial charge in [-0.3, -0.25) is 9.59 Å². The molecule has 3 aromatic rings. The van der Waals surface area contributed by atoms with Crippen molar-refractivity contribution in [3.05, 3.63) is 64.8 Å². The van der Waals surface area contributed by atoms with Crippen molar-refractivity contribution in [3.63, 3.8) is 0 Å². The number of aromatic amines is 1. The number of nitrogens with one attached hydrogen (secondary N) is 3. The van der Waals surface area contributed by atoms with Gasteiger partial charge < -0.3 is 20.4 Å². The van der Waals surface area contributed by atoms with Gasteiger partial charge in [0.25, 0.3) is 5.91 Å². The second-order valence-corrected chi connectivity index (χ2v) is 6.95. The molecule has 0 saturated carbocycles. The van der Waals surface area contributed by atoms with Crippen molar-refractivity contribution in [1.82, 2.24) is 10.3 Å². The lowest BCUT2D eigenvalue weighted by atomic mass is 10.1. The molecular weight excluding hydrogens is 370 g/mol. The van der Waals surface area contributed by atoms with Gasteiger partial charge in [0.1, 0.15) is 5.69 Å². The van der Waals surface area contributed by atoms with E-state index in [-0.39, 0.29) is 18.1 Å². The normalized spacial score (nSPS) is 10.6. The van der Waals surface area contributed by atoms with E-state index in [0.717, 1.165) is 33.3 Å². The van der Waals surface area contributed by atoms with E-state index >= 15 is 0 Å². The van der Waals surface area contributed by atoms with Crippen molar-refractivity contribution in [2.45, 2.75) is 20.8 Å². The number of amides is 2. The summed E-state index contributed by atoms with van der Waals surface area (Å²) in [6, 6.07) is 13.0. The van der Waals surface area contributed by atoms with Gasteiger partial charge in [-0.25, -0.2) is 4.79 Å². The Bertz CT molecular complexity index is 1030. The Morgan fingerprint density at radius 2 is 1.66 bits per heavy atom. The number of rotatable bonds is 6. The SMILES string of the molecule is Cc1cc(C)c(NC(=O)CNC(=O)COC(=O)c2cc3ccccc3[nH]2)c(C)c1. The highest BCUT2D eigenvalue weighted by Crippen LogP contribution is 2.21. The largest absolute Gasteiger partial charge is 0.451 e. The molecule has 0 fully saturated rings. The maximum absolute atomic E-state index is 12.1. The molecule has 1 aromatic heterocycles. The quantitative estimate of drug-likeness (QED) is 0.561. The molecule has 29 heavy (non-hydrogen) atoms. The first kappa shape index (κ1) is 20.1. The summed E-state index contributed by atoms with van der Waals surface area (Å²) in [6.07, 6.45) is 0. The van der Waals surface area contributed by atoms with Gasteiger partial charge in [0.15, 0.2) is 6.61 Å². The zero-order valence-corrected chi connectivity index (χ0v) is 16.6. The molecule has 7 heteroatoms. The Labute approximate surface area is 168 Å². The Morgan fingerprint density at radius 1 is 0.966 bits per heavy atom. The molecule has 7 nitrogen and oxygen atoms in total. The number of benzene rings is 2. The third-order valence-corrected chi connectivity index (χ3v) is 4.47. The van der Waals surface area contributed by atoms with Gasteiger partial charge in [0.2, 0.25) is 5.91 Å². The number of aryl methyl sites for hydroxylation is 3. The molecule has 0 aliphatic rings. The van der Waals surface area contributed by atoms with Crippen LogP contribution in [0.5, 0.6) is 0 Å². The second-order valence-electron chi connectivity index (χ2n) is 6.95. The molecule has 0 atom stereocenters. The highest BCUT2D eigenvalue weighted by Gasteiger charge is 2.14. The third kappa shape index (κ3) is 5.01. The molecular formula is C22H23N3O4. The van der Waals surface area contributed by atoms with Gasteiger partial charge >= 0.3 is 5.97 Å². The predicted molar refractivity (Wildman–Crippen MR) is 111 cm³/mol. The van der Waals surface area contributed by atoms with Crippen LogP contribution in [0.25, 0.3) is 10.9 Å². The Kier molecular flexibility index (Phi) is 5.97. The van der Waals surface area contributed by atoms with E-state index in [2.05, 4.69) is 15.6 Å². The van der Waals surface area contributed by atoms with E-state index in [9.17, 15) is 14.4 Å². The Hall–Kier alpha value is -3.61. The molecule has 0 unspecified atom stereocenters. The molecule has 2 amide bonds. The fourth-order valence-electron chi connectivity index (χ4n) is 3.18. The molecule has 3 N–H and O–H groups in total. The summed E-state index contributed by atoms with van der Waals surface area (Å²) >= 11 is 0. The fourth-order valence-corrected chi connectivity index (χ4v) is 3.18. The topological polar surface area (TPSA) is 100 Å². The molecule has 0 spiro atoms. The van der Waals surface area contributed by atoms with Gasteiger partial charge in [-0.05, 0) is 44.0 Å². The molecule has 3 rings (SSSR count). The average molecular weight is 393 g/mol. The molecule has 0 radical (unpaired) electrons. The number of hydrogen-bond donors (Lipinski definition) is 3. The lowest BCUT2D eigenvalue weighted by Crippen LogP contribution is -2.35. The number of aromatic nitrogens is 1. The van der Waals surface area contributed by atoms with Crippen molar-refractivity contribution < 1.29 is 19.1 Å². The van der Waals surface area contributed by atoms with Crippen molar-refractivity contribution in [2.24, 2.45) is 0 Å². The number of anilines is 1. The van der Waals surface area contributed by atoms with Crippen LogP contribution in [0, 0.1) is 20.8 Å². The smallest absolute Gasteiger partial charge is 0.355 e. The molecule has 0 bridgehead atoms. The minimum Gasteiger partial charge on any atom is -0.451 e. The number of esters is 1. The highest BCUT2D eigenvalue weighted by atomic mass is 16.5. The van der Waals surface area contributed by atoms with Crippen LogP contribution < -0.4 is 10.6 Å². The van der Waals surface area contributed by atoms with Crippen LogP contribution in [0.2, 0.25) is 0 Å². The standard InChI is InChI=1S/C22H23N3O4/c1-13-8-14(2)21(15(3)9-13)25-19(26)11-23-20(27)12-29-22(28)18-10-16-6-4-5-7-17(16)24-18/h4-10,24H,11-12H2,1-3H3,(H,23,27)(H,25,26). The summed E-state index contributed by atoms with van der Waals surface area (Å²) in [5.41, 5.74) is 4.83. The highest BCUT2D eigenvalue weighted by molar-refractivity contribution is 5.97. The monoisotopic (exact) mass is 393 g/mol. The van der Waals surface area contributed by atoms with Crippen LogP contribution in [0.3, 0.4) is 0 Å². The van der Waals surface area contributed by atoms with Gasteiger partial charge in [-0.15, -0.1) is 0 Å². The second kappa shape index (κ2) is 8.60. The number of para-hydroxylation sites is 1. The Balaban J connectivity index is 1.47. The zero-order valence-electron chi connectivity index (χ0n) is 16.6. The van der Waals surface area contributed by atoms with Gasteiger partial charge in [0.05, 0.1) is 6.54 Å². The molecule has 0 aliphatic carbocycles. The van der Waals surface area contributed by atoms with Crippen molar-refractivity contribution >= 4 is 34.4 Å². The first-order valence-electron chi connectivity index (χ1n) is 9.23. The minimum atomic E-state index is -0.633. The first-order valence-corrected chi connectivity index (χ1v) is 9.23. The maximum Gasteiger partial charge on any atom is 0.355 e. The molecule has 1 heterocycles. The number of fused-ring (bicyclic) bond motifs is 1. The summed E-state index contributed by atoms with van der Waals surface area (Å²) in [5.74, 6) is -1.54. The summed E-state index contributed by atoms with van der Waals surface area (Å²) < 4.78 is 5.01. The van der Waals surface area contributed by atoms with E-state index in [1.807, 2.05) is 57.2 Å². The number of H-pyrrole nitrogens is 1. The fraction of sp³-hybridized carbons (Fsp3) is 0.227. The van der Waals surface area contributed by atoms with Crippen molar-refractivity contribution in [1.29, 1.82) is 0 Å². The lowest BCUT2D eigenvalue weighted by molar-refractivity contribution is -0.126. The van der Waals surface area contributed by atoms with Crippen LogP contribution in [-0.2, 0) is 14.3 Å². The van der Waals surface area contributed by atoms with E-state index < -0.39 is 18.5 Å². The number of hydrogen-bond acceptors (Lipinski definition) is 4. The van der Waals surface area contributed by atoms with Crippen LogP contribution in [0.1, 0.15) is 27.2 Å². The van der Waals surface area contributed by atoms with Crippen molar-refractivity contribution in [3.8, 4) is 0 Å². The summed E-state index contributed by atoms with van der Waals surface area (Å²) in [5, 5.41) is 6.13. The minimum absolute atomic E-state index is 0.213. The summed E-state index contributed by atoms with van der Waals surface area (Å²) in [7, 11) is 0. The van der Waals surface area contributed by atoms with Crippen LogP contribution in [0.4, 0.5) is 5.69 Å². The van der Waals surface area contributed by atoms with Gasteiger partial charge in [0, 0.05) is 16.6 Å². The molecule has 0 saturated heterocycles.